The fraction of sp³-hybridized carbons (Fsp3) is 0.231. The number of amides is 1. The van der Waals surface area contributed by atoms with E-state index in [1.54, 1.807) is 17.0 Å². The van der Waals surface area contributed by atoms with E-state index in [0.29, 0.717) is 42.7 Å². The van der Waals surface area contributed by atoms with Crippen LogP contribution in [0.15, 0.2) is 54.6 Å². The SMILES string of the molecule is C=C(C(=O)N1CCN(c2snc3c(F)c(-c4cc(O)cc5ccccc45)c(Cl)cc23)CC1)C(C)Br. The number of aromatic hydroxyl groups is 1. The number of alkyl halides is 1. The Balaban J connectivity index is 1.49. The fourth-order valence-electron chi connectivity index (χ4n) is 4.46. The molecule has 180 valence electrons. The maximum absolute atomic E-state index is 15.9. The maximum atomic E-state index is 15.9. The third-order valence-corrected chi connectivity index (χ3v) is 8.15. The normalized spacial score (nSPS) is 15.1. The van der Waals surface area contributed by atoms with Gasteiger partial charge in [-0.1, -0.05) is 58.4 Å². The lowest BCUT2D eigenvalue weighted by Crippen LogP contribution is -2.49. The Bertz CT molecular complexity index is 1480. The molecule has 0 aliphatic carbocycles. The second-order valence-electron chi connectivity index (χ2n) is 8.57. The van der Waals surface area contributed by atoms with E-state index in [9.17, 15) is 9.90 Å². The maximum Gasteiger partial charge on any atom is 0.250 e. The van der Waals surface area contributed by atoms with Gasteiger partial charge in [-0.25, -0.2) is 4.39 Å². The van der Waals surface area contributed by atoms with Crippen molar-refractivity contribution in [1.29, 1.82) is 0 Å². The van der Waals surface area contributed by atoms with Crippen LogP contribution in [0.25, 0.3) is 32.8 Å². The Morgan fingerprint density at radius 3 is 2.63 bits per heavy atom. The average Bonchev–Trinajstić information content (AvgIpc) is 3.27. The summed E-state index contributed by atoms with van der Waals surface area (Å²) in [6.07, 6.45) is 0. The Labute approximate surface area is 219 Å². The first-order valence-electron chi connectivity index (χ1n) is 11.1. The van der Waals surface area contributed by atoms with Gasteiger partial charge in [-0.05, 0) is 53.0 Å². The van der Waals surface area contributed by atoms with Crippen LogP contribution in [0.4, 0.5) is 9.39 Å². The van der Waals surface area contributed by atoms with E-state index in [4.69, 9.17) is 11.6 Å². The number of hydrogen-bond acceptors (Lipinski definition) is 5. The summed E-state index contributed by atoms with van der Waals surface area (Å²) in [5.74, 6) is -0.528. The van der Waals surface area contributed by atoms with Gasteiger partial charge in [0.25, 0.3) is 0 Å². The molecule has 0 saturated carbocycles. The van der Waals surface area contributed by atoms with E-state index in [0.717, 1.165) is 15.8 Å². The standard InChI is InChI=1S/C26H22BrClFN3O2S/c1-14(15(2)27)25(34)31-7-9-32(10-8-31)26-20-13-21(28)22(23(29)24(20)30-35-26)19-12-17(33)11-16-5-3-4-6-18(16)19/h3-6,11-13,15,33H,1,7-10H2,2H3. The summed E-state index contributed by atoms with van der Waals surface area (Å²) in [5.41, 5.74) is 1.52. The van der Waals surface area contributed by atoms with Crippen LogP contribution in [0.3, 0.4) is 0 Å². The Morgan fingerprint density at radius 1 is 1.20 bits per heavy atom. The third kappa shape index (κ3) is 4.28. The molecular formula is C26H22BrClFN3O2S. The first kappa shape index (κ1) is 24.0. The van der Waals surface area contributed by atoms with Gasteiger partial charge in [0.2, 0.25) is 5.91 Å². The summed E-state index contributed by atoms with van der Waals surface area (Å²) in [7, 11) is 0. The van der Waals surface area contributed by atoms with Crippen molar-refractivity contribution in [3.63, 3.8) is 0 Å². The largest absolute Gasteiger partial charge is 0.508 e. The van der Waals surface area contributed by atoms with Gasteiger partial charge in [0, 0.05) is 47.5 Å². The number of carbonyl (C=O) groups excluding carboxylic acids is 1. The summed E-state index contributed by atoms with van der Waals surface area (Å²) in [4.78, 5) is 16.4. The number of carbonyl (C=O) groups is 1. The first-order chi connectivity index (χ1) is 16.8. The van der Waals surface area contributed by atoms with Crippen molar-refractivity contribution in [3.05, 3.63) is 65.5 Å². The molecule has 1 aliphatic heterocycles. The van der Waals surface area contributed by atoms with E-state index in [1.165, 1.54) is 17.6 Å². The predicted octanol–water partition coefficient (Wildman–Crippen LogP) is 6.60. The number of halogens is 3. The second-order valence-corrected chi connectivity index (χ2v) is 11.1. The van der Waals surface area contributed by atoms with Gasteiger partial charge in [-0.15, -0.1) is 0 Å². The van der Waals surface area contributed by atoms with Crippen LogP contribution in [0.2, 0.25) is 5.02 Å². The van der Waals surface area contributed by atoms with Crippen molar-refractivity contribution in [3.8, 4) is 16.9 Å². The Kier molecular flexibility index (Phi) is 6.46. The van der Waals surface area contributed by atoms with Crippen molar-refractivity contribution >= 4 is 71.6 Å². The van der Waals surface area contributed by atoms with Gasteiger partial charge in [0.15, 0.2) is 5.82 Å². The lowest BCUT2D eigenvalue weighted by molar-refractivity contribution is -0.127. The zero-order valence-corrected chi connectivity index (χ0v) is 22.1. The number of phenolic OH excluding ortho intramolecular Hbond substituents is 1. The highest BCUT2D eigenvalue weighted by Gasteiger charge is 2.28. The molecule has 1 saturated heterocycles. The molecule has 9 heteroatoms. The van der Waals surface area contributed by atoms with Crippen LogP contribution >= 0.6 is 39.1 Å². The molecule has 3 aromatic carbocycles. The summed E-state index contributed by atoms with van der Waals surface area (Å²) in [6.45, 7) is 8.05. The van der Waals surface area contributed by atoms with Crippen LogP contribution in [0, 0.1) is 5.82 Å². The molecule has 1 amide bonds. The topological polar surface area (TPSA) is 56.7 Å². The minimum absolute atomic E-state index is 0.0395. The van der Waals surface area contributed by atoms with Crippen LogP contribution < -0.4 is 4.90 Å². The number of rotatable bonds is 4. The van der Waals surface area contributed by atoms with E-state index < -0.39 is 5.82 Å². The Hall–Kier alpha value is -2.68. The van der Waals surface area contributed by atoms with Gasteiger partial charge < -0.3 is 14.9 Å². The number of benzene rings is 3. The monoisotopic (exact) mass is 573 g/mol. The molecule has 35 heavy (non-hydrogen) atoms. The first-order valence-corrected chi connectivity index (χ1v) is 13.2. The molecule has 4 aromatic rings. The number of piperazine rings is 1. The minimum Gasteiger partial charge on any atom is -0.508 e. The highest BCUT2D eigenvalue weighted by molar-refractivity contribution is 9.09. The molecular weight excluding hydrogens is 553 g/mol. The zero-order chi connectivity index (χ0) is 24.9. The molecule has 0 bridgehead atoms. The second kappa shape index (κ2) is 9.41. The minimum atomic E-state index is -0.512. The van der Waals surface area contributed by atoms with E-state index in [-0.39, 0.29) is 32.6 Å². The Morgan fingerprint density at radius 2 is 1.91 bits per heavy atom. The van der Waals surface area contributed by atoms with Gasteiger partial charge >= 0.3 is 0 Å². The molecule has 1 fully saturated rings. The van der Waals surface area contributed by atoms with Crippen molar-refractivity contribution in [2.45, 2.75) is 11.8 Å². The van der Waals surface area contributed by atoms with Crippen LogP contribution in [-0.2, 0) is 4.79 Å². The molecule has 1 N–H and O–H groups in total. The van der Waals surface area contributed by atoms with Crippen LogP contribution in [0.1, 0.15) is 6.92 Å². The number of nitrogens with zero attached hydrogens (tertiary/aromatic N) is 3. The molecule has 5 rings (SSSR count). The summed E-state index contributed by atoms with van der Waals surface area (Å²) < 4.78 is 20.3. The number of anilines is 1. The van der Waals surface area contributed by atoms with Gasteiger partial charge in [-0.2, -0.15) is 4.37 Å². The van der Waals surface area contributed by atoms with Crippen LogP contribution in [0.5, 0.6) is 5.75 Å². The number of fused-ring (bicyclic) bond motifs is 2. The zero-order valence-electron chi connectivity index (χ0n) is 18.9. The molecule has 2 heterocycles. The van der Waals surface area contributed by atoms with E-state index in [1.807, 2.05) is 31.2 Å². The van der Waals surface area contributed by atoms with E-state index >= 15 is 4.39 Å². The van der Waals surface area contributed by atoms with Crippen molar-refractivity contribution < 1.29 is 14.3 Å². The lowest BCUT2D eigenvalue weighted by atomic mass is 9.96. The fourth-order valence-corrected chi connectivity index (χ4v) is 5.86. The number of phenols is 1. The smallest absolute Gasteiger partial charge is 0.250 e. The highest BCUT2D eigenvalue weighted by atomic mass is 79.9. The molecule has 1 unspecified atom stereocenters. The summed E-state index contributed by atoms with van der Waals surface area (Å²) in [6, 6.07) is 12.4. The average molecular weight is 575 g/mol. The molecule has 5 nitrogen and oxygen atoms in total. The number of hydrogen-bond donors (Lipinski definition) is 1. The lowest BCUT2D eigenvalue weighted by Gasteiger charge is -2.35. The predicted molar refractivity (Wildman–Crippen MR) is 146 cm³/mol. The summed E-state index contributed by atoms with van der Waals surface area (Å²) >= 11 is 11.3. The van der Waals surface area contributed by atoms with Crippen molar-refractivity contribution in [2.75, 3.05) is 31.1 Å². The molecule has 1 aromatic heterocycles. The third-order valence-electron chi connectivity index (χ3n) is 6.37. The van der Waals surface area contributed by atoms with Crippen molar-refractivity contribution in [2.24, 2.45) is 0 Å². The van der Waals surface area contributed by atoms with E-state index in [2.05, 4.69) is 31.8 Å². The van der Waals surface area contributed by atoms with Crippen LogP contribution in [-0.4, -0.2) is 51.3 Å². The molecule has 1 aliphatic rings. The van der Waals surface area contributed by atoms with Gasteiger partial charge in [0.1, 0.15) is 16.3 Å². The molecule has 0 radical (unpaired) electrons. The molecule has 0 spiro atoms. The highest BCUT2D eigenvalue weighted by Crippen LogP contribution is 2.43. The summed E-state index contributed by atoms with van der Waals surface area (Å²) in [5, 5.41) is 13.6. The molecule has 1 atom stereocenters. The quantitative estimate of drug-likeness (QED) is 0.220. The van der Waals surface area contributed by atoms with Gasteiger partial charge in [0.05, 0.1) is 5.02 Å². The number of aromatic nitrogens is 1. The van der Waals surface area contributed by atoms with Crippen molar-refractivity contribution in [1.82, 2.24) is 9.27 Å². The van der Waals surface area contributed by atoms with Gasteiger partial charge in [-0.3, -0.25) is 4.79 Å².